The first-order valence-electron chi connectivity index (χ1n) is 4.65. The van der Waals surface area contributed by atoms with Crippen LogP contribution in [-0.4, -0.2) is 16.1 Å². The minimum Gasteiger partial charge on any atom is -0.477 e. The van der Waals surface area contributed by atoms with Gasteiger partial charge < -0.3 is 9.52 Å². The van der Waals surface area contributed by atoms with Gasteiger partial charge >= 0.3 is 5.97 Å². The van der Waals surface area contributed by atoms with Crippen molar-refractivity contribution in [3.63, 3.8) is 0 Å². The first kappa shape index (κ1) is 10.4. The smallest absolute Gasteiger partial charge is 0.343 e. The maximum Gasteiger partial charge on any atom is 0.343 e. The van der Waals surface area contributed by atoms with E-state index in [0.29, 0.717) is 5.69 Å². The normalized spacial score (nSPS) is 10.6. The molecule has 0 aromatic carbocycles. The van der Waals surface area contributed by atoms with Crippen molar-refractivity contribution in [3.05, 3.63) is 39.4 Å². The summed E-state index contributed by atoms with van der Waals surface area (Å²) in [6.07, 6.45) is 0. The van der Waals surface area contributed by atoms with Gasteiger partial charge in [-0.2, -0.15) is 0 Å². The fourth-order valence-electron chi connectivity index (χ4n) is 1.52. The van der Waals surface area contributed by atoms with Crippen LogP contribution < -0.4 is 5.43 Å². The van der Waals surface area contributed by atoms with Gasteiger partial charge in [0, 0.05) is 5.69 Å². The Labute approximate surface area is 90.3 Å². The van der Waals surface area contributed by atoms with E-state index in [-0.39, 0.29) is 22.4 Å². The minimum absolute atomic E-state index is 0.0723. The van der Waals surface area contributed by atoms with Crippen molar-refractivity contribution in [1.29, 1.82) is 0 Å². The second-order valence-electron chi connectivity index (χ2n) is 3.47. The number of pyridine rings is 1. The Balaban J connectivity index is 2.95. The molecule has 0 radical (unpaired) electrons. The summed E-state index contributed by atoms with van der Waals surface area (Å²) in [6, 6.07) is 3.16. The molecule has 2 heterocycles. The van der Waals surface area contributed by atoms with E-state index in [1.807, 2.05) is 0 Å². The number of carboxylic acid groups (broad SMARTS) is 1. The number of fused-ring (bicyclic) bond motifs is 1. The van der Waals surface area contributed by atoms with Crippen LogP contribution in [0.1, 0.15) is 21.8 Å². The Bertz CT molecular complexity index is 642. The third-order valence-corrected chi connectivity index (χ3v) is 2.29. The molecule has 5 heteroatoms. The number of carbonyl (C=O) groups is 1. The molecule has 2 aromatic rings. The summed E-state index contributed by atoms with van der Waals surface area (Å²) >= 11 is 0. The molecule has 0 atom stereocenters. The molecule has 0 unspecified atom stereocenters. The van der Waals surface area contributed by atoms with Crippen LogP contribution >= 0.6 is 0 Å². The summed E-state index contributed by atoms with van der Waals surface area (Å²) in [7, 11) is 0. The van der Waals surface area contributed by atoms with Crippen LogP contribution in [0.5, 0.6) is 0 Å². The third kappa shape index (κ3) is 1.46. The van der Waals surface area contributed by atoms with E-state index in [0.717, 1.165) is 0 Å². The van der Waals surface area contributed by atoms with E-state index in [9.17, 15) is 9.59 Å². The highest BCUT2D eigenvalue weighted by Gasteiger charge is 2.17. The summed E-state index contributed by atoms with van der Waals surface area (Å²) in [4.78, 5) is 26.7. The maximum atomic E-state index is 11.8. The van der Waals surface area contributed by atoms with Crippen molar-refractivity contribution in [2.45, 2.75) is 13.8 Å². The minimum atomic E-state index is -1.28. The van der Waals surface area contributed by atoms with Crippen LogP contribution in [0.2, 0.25) is 0 Å². The van der Waals surface area contributed by atoms with Crippen LogP contribution in [0.4, 0.5) is 0 Å². The number of carboxylic acids is 1. The molecule has 16 heavy (non-hydrogen) atoms. The number of rotatable bonds is 1. The molecule has 0 saturated carbocycles. The second kappa shape index (κ2) is 3.44. The van der Waals surface area contributed by atoms with E-state index in [2.05, 4.69) is 4.98 Å². The number of aryl methyl sites for hydroxylation is 2. The first-order valence-corrected chi connectivity index (χ1v) is 4.65. The zero-order valence-corrected chi connectivity index (χ0v) is 8.77. The lowest BCUT2D eigenvalue weighted by molar-refractivity contribution is 0.0692. The highest BCUT2D eigenvalue weighted by atomic mass is 16.4. The highest BCUT2D eigenvalue weighted by Crippen LogP contribution is 2.13. The Hall–Kier alpha value is -2.17. The van der Waals surface area contributed by atoms with Gasteiger partial charge in [-0.05, 0) is 26.0 Å². The summed E-state index contributed by atoms with van der Waals surface area (Å²) in [5.41, 5.74) is -0.0115. The molecule has 0 saturated heterocycles. The zero-order chi connectivity index (χ0) is 11.9. The van der Waals surface area contributed by atoms with Gasteiger partial charge in [-0.1, -0.05) is 0 Å². The predicted octanol–water partition coefficient (Wildman–Crippen LogP) is 1.50. The zero-order valence-electron chi connectivity index (χ0n) is 8.77. The summed E-state index contributed by atoms with van der Waals surface area (Å²) < 4.78 is 5.22. The molecule has 5 nitrogen and oxygen atoms in total. The predicted molar refractivity (Wildman–Crippen MR) is 56.7 cm³/mol. The molecule has 0 amide bonds. The molecule has 2 rings (SSSR count). The molecular formula is C11H9NO4. The molecule has 1 N–H and O–H groups in total. The van der Waals surface area contributed by atoms with Crippen LogP contribution in [0.15, 0.2) is 21.3 Å². The van der Waals surface area contributed by atoms with Crippen molar-refractivity contribution in [3.8, 4) is 0 Å². The van der Waals surface area contributed by atoms with Gasteiger partial charge in [-0.15, -0.1) is 0 Å². The number of aromatic carboxylic acids is 1. The van der Waals surface area contributed by atoms with E-state index < -0.39 is 11.4 Å². The number of hydrogen-bond donors (Lipinski definition) is 1. The quantitative estimate of drug-likeness (QED) is 0.786. The third-order valence-electron chi connectivity index (χ3n) is 2.29. The first-order chi connectivity index (χ1) is 7.50. The van der Waals surface area contributed by atoms with Crippen molar-refractivity contribution >= 4 is 17.1 Å². The van der Waals surface area contributed by atoms with Crippen LogP contribution in [-0.2, 0) is 0 Å². The standard InChI is InChI=1S/C11H9NO4/c1-5-3-4-7-9(13)8(11(14)15)6(2)16-10(7)12-5/h3-4H,1-2H3,(H,14,15). The Morgan fingerprint density at radius 3 is 2.69 bits per heavy atom. The van der Waals surface area contributed by atoms with E-state index >= 15 is 0 Å². The van der Waals surface area contributed by atoms with Crippen LogP contribution in [0.3, 0.4) is 0 Å². The van der Waals surface area contributed by atoms with Gasteiger partial charge in [0.05, 0.1) is 5.39 Å². The molecule has 0 aliphatic rings. The molecule has 82 valence electrons. The SMILES string of the molecule is Cc1ccc2c(=O)c(C(=O)O)c(C)oc2n1. The molecule has 0 aliphatic carbocycles. The molecule has 0 bridgehead atoms. The van der Waals surface area contributed by atoms with Gasteiger partial charge in [-0.25, -0.2) is 9.78 Å². The van der Waals surface area contributed by atoms with Crippen LogP contribution in [0.25, 0.3) is 11.1 Å². The summed E-state index contributed by atoms with van der Waals surface area (Å²) in [5.74, 6) is -1.21. The van der Waals surface area contributed by atoms with Crippen molar-refractivity contribution < 1.29 is 14.3 Å². The molecule has 0 fully saturated rings. The van der Waals surface area contributed by atoms with Crippen molar-refractivity contribution in [1.82, 2.24) is 4.98 Å². The summed E-state index contributed by atoms with van der Waals surface area (Å²) in [6.45, 7) is 3.20. The molecular weight excluding hydrogens is 210 g/mol. The number of hydrogen-bond acceptors (Lipinski definition) is 4. The fraction of sp³-hybridized carbons (Fsp3) is 0.182. The van der Waals surface area contributed by atoms with Gasteiger partial charge in [-0.3, -0.25) is 4.79 Å². The fourth-order valence-corrected chi connectivity index (χ4v) is 1.52. The lowest BCUT2D eigenvalue weighted by Gasteiger charge is -2.02. The van der Waals surface area contributed by atoms with E-state index in [1.165, 1.54) is 13.0 Å². The van der Waals surface area contributed by atoms with Gasteiger partial charge in [0.1, 0.15) is 11.3 Å². The number of aromatic nitrogens is 1. The van der Waals surface area contributed by atoms with Crippen molar-refractivity contribution in [2.24, 2.45) is 0 Å². The molecule has 2 aromatic heterocycles. The van der Waals surface area contributed by atoms with Gasteiger partial charge in [0.25, 0.3) is 0 Å². The van der Waals surface area contributed by atoms with Gasteiger partial charge in [0.15, 0.2) is 0 Å². The largest absolute Gasteiger partial charge is 0.477 e. The lowest BCUT2D eigenvalue weighted by Crippen LogP contribution is -2.17. The van der Waals surface area contributed by atoms with Crippen molar-refractivity contribution in [2.75, 3.05) is 0 Å². The second-order valence-corrected chi connectivity index (χ2v) is 3.47. The molecule has 0 spiro atoms. The summed E-state index contributed by atoms with van der Waals surface area (Å²) in [5, 5.41) is 9.07. The monoisotopic (exact) mass is 219 g/mol. The number of nitrogens with zero attached hydrogens (tertiary/aromatic N) is 1. The molecule has 0 aliphatic heterocycles. The topological polar surface area (TPSA) is 80.4 Å². The Morgan fingerprint density at radius 2 is 2.06 bits per heavy atom. The van der Waals surface area contributed by atoms with Crippen LogP contribution in [0, 0.1) is 13.8 Å². The highest BCUT2D eigenvalue weighted by molar-refractivity contribution is 5.92. The average molecular weight is 219 g/mol. The maximum absolute atomic E-state index is 11.8. The average Bonchev–Trinajstić information content (AvgIpc) is 2.15. The Morgan fingerprint density at radius 1 is 1.38 bits per heavy atom. The van der Waals surface area contributed by atoms with Gasteiger partial charge in [0.2, 0.25) is 11.1 Å². The van der Waals surface area contributed by atoms with E-state index in [1.54, 1.807) is 13.0 Å². The van der Waals surface area contributed by atoms with E-state index in [4.69, 9.17) is 9.52 Å². The Kier molecular flexibility index (Phi) is 2.23. The lowest BCUT2D eigenvalue weighted by atomic mass is 10.1.